The maximum Gasteiger partial charge on any atom is 0.0835 e. The van der Waals surface area contributed by atoms with Crippen molar-refractivity contribution in [1.82, 2.24) is 0 Å². The van der Waals surface area contributed by atoms with E-state index in [4.69, 9.17) is 11.6 Å². The minimum Gasteiger partial charge on any atom is -0.113 e. The summed E-state index contributed by atoms with van der Waals surface area (Å²) in [6.45, 7) is 4.24. The molecule has 2 aromatic rings. The van der Waals surface area contributed by atoms with Crippen LogP contribution in [0.2, 0.25) is 0 Å². The third kappa shape index (κ3) is 3.02. The number of benzene rings is 2. The zero-order chi connectivity index (χ0) is 12.4. The van der Waals surface area contributed by atoms with Crippen LogP contribution >= 0.6 is 34.2 Å². The van der Waals surface area contributed by atoms with Gasteiger partial charge in [0.25, 0.3) is 0 Å². The molecule has 17 heavy (non-hydrogen) atoms. The maximum absolute atomic E-state index is 6.51. The molecule has 0 aromatic heterocycles. The van der Waals surface area contributed by atoms with Crippen molar-refractivity contribution in [3.63, 3.8) is 0 Å². The van der Waals surface area contributed by atoms with Gasteiger partial charge >= 0.3 is 0 Å². The Morgan fingerprint density at radius 2 is 1.47 bits per heavy atom. The van der Waals surface area contributed by atoms with Gasteiger partial charge in [0.05, 0.1) is 5.38 Å². The molecule has 1 unspecified atom stereocenters. The fourth-order valence-corrected chi connectivity index (χ4v) is 2.39. The van der Waals surface area contributed by atoms with E-state index in [1.165, 1.54) is 14.7 Å². The fraction of sp³-hybridized carbons (Fsp3) is 0.200. The van der Waals surface area contributed by atoms with Crippen molar-refractivity contribution in [2.24, 2.45) is 0 Å². The molecule has 0 saturated carbocycles. The van der Waals surface area contributed by atoms with Crippen molar-refractivity contribution in [1.29, 1.82) is 0 Å². The SMILES string of the molecule is Cc1ccc(C(Cl)c2ccc(I)cc2)cc1C. The van der Waals surface area contributed by atoms with Gasteiger partial charge in [0.2, 0.25) is 0 Å². The summed E-state index contributed by atoms with van der Waals surface area (Å²) in [4.78, 5) is 0. The lowest BCUT2D eigenvalue weighted by Crippen LogP contribution is -1.94. The molecular weight excluding hydrogens is 343 g/mol. The first kappa shape index (κ1) is 12.9. The van der Waals surface area contributed by atoms with E-state index in [2.05, 4.69) is 78.9 Å². The highest BCUT2D eigenvalue weighted by Crippen LogP contribution is 2.30. The molecule has 0 heterocycles. The van der Waals surface area contributed by atoms with Crippen molar-refractivity contribution in [2.75, 3.05) is 0 Å². The monoisotopic (exact) mass is 356 g/mol. The molecule has 1 atom stereocenters. The predicted octanol–water partition coefficient (Wildman–Crippen LogP) is 5.24. The average molecular weight is 357 g/mol. The number of alkyl halides is 1. The molecule has 2 aromatic carbocycles. The van der Waals surface area contributed by atoms with Crippen LogP contribution in [0.4, 0.5) is 0 Å². The Bertz CT molecular complexity index is 517. The quantitative estimate of drug-likeness (QED) is 0.510. The lowest BCUT2D eigenvalue weighted by atomic mass is 10.0. The summed E-state index contributed by atoms with van der Waals surface area (Å²) in [5.74, 6) is 0. The number of rotatable bonds is 2. The van der Waals surface area contributed by atoms with Gasteiger partial charge in [-0.05, 0) is 70.8 Å². The molecule has 0 saturated heterocycles. The van der Waals surface area contributed by atoms with E-state index in [1.54, 1.807) is 0 Å². The van der Waals surface area contributed by atoms with Crippen LogP contribution in [0.3, 0.4) is 0 Å². The number of hydrogen-bond donors (Lipinski definition) is 0. The Balaban J connectivity index is 2.33. The van der Waals surface area contributed by atoms with E-state index < -0.39 is 0 Å². The van der Waals surface area contributed by atoms with Crippen LogP contribution in [0, 0.1) is 17.4 Å². The Labute approximate surface area is 121 Å². The Kier molecular flexibility index (Phi) is 4.10. The normalized spacial score (nSPS) is 12.5. The summed E-state index contributed by atoms with van der Waals surface area (Å²) in [6.07, 6.45) is 0. The Morgan fingerprint density at radius 1 is 0.882 bits per heavy atom. The highest BCUT2D eigenvalue weighted by atomic mass is 127. The van der Waals surface area contributed by atoms with E-state index in [0.717, 1.165) is 11.1 Å². The minimum atomic E-state index is -0.0636. The standard InChI is InChI=1S/C15H14ClI/c1-10-3-4-13(9-11(10)2)15(16)12-5-7-14(17)8-6-12/h3-9,15H,1-2H3. The highest BCUT2D eigenvalue weighted by molar-refractivity contribution is 14.1. The molecule has 0 nitrogen and oxygen atoms in total. The van der Waals surface area contributed by atoms with Crippen LogP contribution in [-0.4, -0.2) is 0 Å². The van der Waals surface area contributed by atoms with Gasteiger partial charge in [0.15, 0.2) is 0 Å². The smallest absolute Gasteiger partial charge is 0.0835 e. The first-order chi connectivity index (χ1) is 8.08. The molecule has 0 aliphatic heterocycles. The third-order valence-corrected chi connectivity index (χ3v) is 4.21. The van der Waals surface area contributed by atoms with E-state index in [9.17, 15) is 0 Å². The average Bonchev–Trinajstić information content (AvgIpc) is 2.33. The van der Waals surface area contributed by atoms with Gasteiger partial charge in [-0.25, -0.2) is 0 Å². The number of halogens is 2. The van der Waals surface area contributed by atoms with Crippen molar-refractivity contribution in [2.45, 2.75) is 19.2 Å². The first-order valence-corrected chi connectivity index (χ1v) is 7.06. The van der Waals surface area contributed by atoms with Gasteiger partial charge in [-0.1, -0.05) is 30.3 Å². The second-order valence-electron chi connectivity index (χ2n) is 4.26. The Hall–Kier alpha value is -0.540. The largest absolute Gasteiger partial charge is 0.113 e. The van der Waals surface area contributed by atoms with Gasteiger partial charge in [0.1, 0.15) is 0 Å². The van der Waals surface area contributed by atoms with Crippen LogP contribution < -0.4 is 0 Å². The molecule has 2 heteroatoms. The van der Waals surface area contributed by atoms with Crippen LogP contribution in [0.1, 0.15) is 27.6 Å². The molecule has 0 aliphatic carbocycles. The molecule has 0 radical (unpaired) electrons. The maximum atomic E-state index is 6.51. The van der Waals surface area contributed by atoms with E-state index in [-0.39, 0.29) is 5.38 Å². The number of hydrogen-bond acceptors (Lipinski definition) is 0. The molecule has 0 N–H and O–H groups in total. The predicted molar refractivity (Wildman–Crippen MR) is 82.8 cm³/mol. The van der Waals surface area contributed by atoms with Crippen LogP contribution in [0.5, 0.6) is 0 Å². The summed E-state index contributed by atoms with van der Waals surface area (Å²) in [6, 6.07) is 14.8. The minimum absolute atomic E-state index is 0.0636. The van der Waals surface area contributed by atoms with Gasteiger partial charge in [-0.3, -0.25) is 0 Å². The number of aryl methyl sites for hydroxylation is 2. The van der Waals surface area contributed by atoms with Gasteiger partial charge in [-0.2, -0.15) is 0 Å². The third-order valence-electron chi connectivity index (χ3n) is 2.99. The van der Waals surface area contributed by atoms with Crippen molar-refractivity contribution < 1.29 is 0 Å². The lowest BCUT2D eigenvalue weighted by Gasteiger charge is -2.12. The van der Waals surface area contributed by atoms with Crippen molar-refractivity contribution in [3.05, 3.63) is 68.3 Å². The fourth-order valence-electron chi connectivity index (χ4n) is 1.75. The lowest BCUT2D eigenvalue weighted by molar-refractivity contribution is 1.12. The van der Waals surface area contributed by atoms with E-state index in [0.29, 0.717) is 0 Å². The summed E-state index contributed by atoms with van der Waals surface area (Å²) in [5.41, 5.74) is 4.91. The summed E-state index contributed by atoms with van der Waals surface area (Å²) in [7, 11) is 0. The van der Waals surface area contributed by atoms with Crippen LogP contribution in [-0.2, 0) is 0 Å². The molecule has 0 bridgehead atoms. The molecular formula is C15H14ClI. The molecule has 88 valence electrons. The molecule has 0 fully saturated rings. The second kappa shape index (κ2) is 5.40. The molecule has 0 spiro atoms. The summed E-state index contributed by atoms with van der Waals surface area (Å²) >= 11 is 8.81. The summed E-state index contributed by atoms with van der Waals surface area (Å²) < 4.78 is 1.23. The van der Waals surface area contributed by atoms with E-state index >= 15 is 0 Å². The molecule has 0 amide bonds. The van der Waals surface area contributed by atoms with E-state index in [1.807, 2.05) is 0 Å². The topological polar surface area (TPSA) is 0 Å². The molecule has 2 rings (SSSR count). The first-order valence-electron chi connectivity index (χ1n) is 5.54. The van der Waals surface area contributed by atoms with Gasteiger partial charge in [-0.15, -0.1) is 11.6 Å². The van der Waals surface area contributed by atoms with Crippen LogP contribution in [0.25, 0.3) is 0 Å². The molecule has 0 aliphatic rings. The van der Waals surface area contributed by atoms with Crippen molar-refractivity contribution in [3.8, 4) is 0 Å². The van der Waals surface area contributed by atoms with Crippen LogP contribution in [0.15, 0.2) is 42.5 Å². The zero-order valence-electron chi connectivity index (χ0n) is 9.87. The highest BCUT2D eigenvalue weighted by Gasteiger charge is 2.11. The second-order valence-corrected chi connectivity index (χ2v) is 5.94. The Morgan fingerprint density at radius 3 is 2.06 bits per heavy atom. The zero-order valence-corrected chi connectivity index (χ0v) is 12.8. The summed E-state index contributed by atoms with van der Waals surface area (Å²) in [5, 5.41) is -0.0636. The van der Waals surface area contributed by atoms with Gasteiger partial charge in [0, 0.05) is 3.57 Å². The van der Waals surface area contributed by atoms with Gasteiger partial charge < -0.3 is 0 Å². The van der Waals surface area contributed by atoms with Crippen molar-refractivity contribution >= 4 is 34.2 Å².